The van der Waals surface area contributed by atoms with E-state index in [1.54, 1.807) is 17.5 Å². The van der Waals surface area contributed by atoms with Crippen molar-refractivity contribution in [3.05, 3.63) is 41.2 Å². The smallest absolute Gasteiger partial charge is 0.123 e. The summed E-state index contributed by atoms with van der Waals surface area (Å²) >= 11 is 1.39. The molecule has 84 valence electrons. The van der Waals surface area contributed by atoms with Gasteiger partial charge in [-0.25, -0.2) is 9.37 Å². The van der Waals surface area contributed by atoms with Gasteiger partial charge in [0.2, 0.25) is 0 Å². The number of nitrogens with zero attached hydrogens (tertiary/aromatic N) is 1. The minimum Gasteiger partial charge on any atom is -0.394 e. The summed E-state index contributed by atoms with van der Waals surface area (Å²) in [6, 6.07) is 5.76. The van der Waals surface area contributed by atoms with Crippen LogP contribution in [0.3, 0.4) is 0 Å². The van der Waals surface area contributed by atoms with Gasteiger partial charge in [0.15, 0.2) is 0 Å². The van der Waals surface area contributed by atoms with Crippen LogP contribution in [0.15, 0.2) is 29.6 Å². The molecule has 0 radical (unpaired) electrons. The number of hydrogen-bond donors (Lipinski definition) is 2. The van der Waals surface area contributed by atoms with Crippen molar-refractivity contribution in [1.29, 1.82) is 0 Å². The van der Waals surface area contributed by atoms with E-state index in [0.717, 1.165) is 5.56 Å². The van der Waals surface area contributed by atoms with Gasteiger partial charge in [-0.3, -0.25) is 0 Å². The molecule has 3 N–H and O–H groups in total. The number of halogens is 1. The monoisotopic (exact) mass is 238 g/mol. The van der Waals surface area contributed by atoms with E-state index in [0.29, 0.717) is 10.7 Å². The number of aromatic nitrogens is 1. The summed E-state index contributed by atoms with van der Waals surface area (Å²) in [4.78, 5) is 4.26. The highest BCUT2D eigenvalue weighted by Gasteiger charge is 2.10. The lowest BCUT2D eigenvalue weighted by atomic mass is 10.2. The highest BCUT2D eigenvalue weighted by molar-refractivity contribution is 7.13. The molecule has 0 fully saturated rings. The molecule has 2 aromatic rings. The summed E-state index contributed by atoms with van der Waals surface area (Å²) in [6.07, 6.45) is 0. The summed E-state index contributed by atoms with van der Waals surface area (Å²) in [5.41, 5.74) is 6.99. The lowest BCUT2D eigenvalue weighted by Gasteiger charge is -2.02. The second-order valence-electron chi connectivity index (χ2n) is 3.38. The van der Waals surface area contributed by atoms with E-state index in [4.69, 9.17) is 10.8 Å². The van der Waals surface area contributed by atoms with Gasteiger partial charge in [0.1, 0.15) is 10.8 Å². The number of nitrogens with two attached hydrogens (primary N) is 1. The van der Waals surface area contributed by atoms with Gasteiger partial charge in [-0.1, -0.05) is 12.1 Å². The zero-order valence-electron chi connectivity index (χ0n) is 8.43. The van der Waals surface area contributed by atoms with E-state index in [2.05, 4.69) is 4.98 Å². The minimum absolute atomic E-state index is 0.147. The lowest BCUT2D eigenvalue weighted by Crippen LogP contribution is -2.14. The van der Waals surface area contributed by atoms with Crippen LogP contribution in [0, 0.1) is 5.82 Å². The van der Waals surface area contributed by atoms with Crippen LogP contribution in [0.25, 0.3) is 10.6 Å². The molecular formula is C11H11FN2OS. The van der Waals surface area contributed by atoms with Crippen LogP contribution in [0.5, 0.6) is 0 Å². The third kappa shape index (κ3) is 2.27. The van der Waals surface area contributed by atoms with Crippen LogP contribution < -0.4 is 5.73 Å². The zero-order chi connectivity index (χ0) is 11.5. The molecule has 5 heteroatoms. The maximum absolute atomic E-state index is 13.0. The molecule has 0 aliphatic rings. The Balaban J connectivity index is 2.31. The van der Waals surface area contributed by atoms with Crippen molar-refractivity contribution in [2.75, 3.05) is 6.61 Å². The van der Waals surface area contributed by atoms with Crippen LogP contribution in [-0.2, 0) is 0 Å². The number of thiazole rings is 1. The van der Waals surface area contributed by atoms with Gasteiger partial charge in [0.25, 0.3) is 0 Å². The van der Waals surface area contributed by atoms with Gasteiger partial charge in [0.05, 0.1) is 18.3 Å². The van der Waals surface area contributed by atoms with Crippen molar-refractivity contribution in [2.24, 2.45) is 5.73 Å². The molecule has 0 aliphatic carbocycles. The van der Waals surface area contributed by atoms with E-state index in [-0.39, 0.29) is 12.4 Å². The number of aliphatic hydroxyl groups is 1. The summed E-state index contributed by atoms with van der Waals surface area (Å²) in [7, 11) is 0. The standard InChI is InChI=1S/C11H11FN2OS/c12-8-3-1-2-7(4-8)11-14-10(6-16-11)9(13)5-15/h1-4,6,9,15H,5,13H2. The van der Waals surface area contributed by atoms with Gasteiger partial charge >= 0.3 is 0 Å². The Morgan fingerprint density at radius 3 is 3.00 bits per heavy atom. The fraction of sp³-hybridized carbons (Fsp3) is 0.182. The maximum Gasteiger partial charge on any atom is 0.123 e. The van der Waals surface area contributed by atoms with Gasteiger partial charge in [-0.05, 0) is 12.1 Å². The molecule has 1 aromatic heterocycles. The van der Waals surface area contributed by atoms with Crippen LogP contribution in [-0.4, -0.2) is 16.7 Å². The summed E-state index contributed by atoms with van der Waals surface area (Å²) in [5, 5.41) is 11.4. The molecular weight excluding hydrogens is 227 g/mol. The van der Waals surface area contributed by atoms with E-state index in [1.807, 2.05) is 0 Å². The number of benzene rings is 1. The first-order valence-corrected chi connectivity index (χ1v) is 5.66. The highest BCUT2D eigenvalue weighted by Crippen LogP contribution is 2.25. The molecule has 0 bridgehead atoms. The van der Waals surface area contributed by atoms with Crippen molar-refractivity contribution in [1.82, 2.24) is 4.98 Å². The third-order valence-electron chi connectivity index (χ3n) is 2.17. The molecule has 2 rings (SSSR count). The van der Waals surface area contributed by atoms with Crippen LogP contribution in [0.1, 0.15) is 11.7 Å². The first kappa shape index (κ1) is 11.2. The van der Waals surface area contributed by atoms with Gasteiger partial charge in [-0.15, -0.1) is 11.3 Å². The summed E-state index contributed by atoms with van der Waals surface area (Å²) < 4.78 is 13.0. The third-order valence-corrected chi connectivity index (χ3v) is 3.08. The van der Waals surface area contributed by atoms with Crippen molar-refractivity contribution >= 4 is 11.3 Å². The van der Waals surface area contributed by atoms with Crippen molar-refractivity contribution < 1.29 is 9.50 Å². The Labute approximate surface area is 96.4 Å². The Bertz CT molecular complexity index is 486. The van der Waals surface area contributed by atoms with E-state index < -0.39 is 6.04 Å². The Morgan fingerprint density at radius 1 is 1.50 bits per heavy atom. The Kier molecular flexibility index (Phi) is 3.28. The number of aliphatic hydroxyl groups excluding tert-OH is 1. The lowest BCUT2D eigenvalue weighted by molar-refractivity contribution is 0.266. The van der Waals surface area contributed by atoms with Crippen molar-refractivity contribution in [2.45, 2.75) is 6.04 Å². The average molecular weight is 238 g/mol. The summed E-state index contributed by atoms with van der Waals surface area (Å²) in [5.74, 6) is -0.291. The molecule has 0 spiro atoms. The largest absolute Gasteiger partial charge is 0.394 e. The Morgan fingerprint density at radius 2 is 2.31 bits per heavy atom. The molecule has 1 unspecified atom stereocenters. The predicted molar refractivity (Wildman–Crippen MR) is 61.5 cm³/mol. The molecule has 1 aromatic carbocycles. The molecule has 0 aliphatic heterocycles. The highest BCUT2D eigenvalue weighted by atomic mass is 32.1. The van der Waals surface area contributed by atoms with E-state index in [1.165, 1.54) is 23.5 Å². The van der Waals surface area contributed by atoms with Crippen LogP contribution in [0.2, 0.25) is 0 Å². The Hall–Kier alpha value is -1.30. The molecule has 3 nitrogen and oxygen atoms in total. The predicted octanol–water partition coefficient (Wildman–Crippen LogP) is 1.94. The van der Waals surface area contributed by atoms with Gasteiger partial charge < -0.3 is 10.8 Å². The minimum atomic E-state index is -0.474. The van der Waals surface area contributed by atoms with E-state index in [9.17, 15) is 4.39 Å². The quantitative estimate of drug-likeness (QED) is 0.859. The van der Waals surface area contributed by atoms with Gasteiger partial charge in [0, 0.05) is 10.9 Å². The zero-order valence-corrected chi connectivity index (χ0v) is 9.25. The number of hydrogen-bond acceptors (Lipinski definition) is 4. The molecule has 16 heavy (non-hydrogen) atoms. The molecule has 1 atom stereocenters. The fourth-order valence-electron chi connectivity index (χ4n) is 1.30. The van der Waals surface area contributed by atoms with Crippen LogP contribution in [0.4, 0.5) is 4.39 Å². The van der Waals surface area contributed by atoms with Crippen LogP contribution >= 0.6 is 11.3 Å². The van der Waals surface area contributed by atoms with Gasteiger partial charge in [-0.2, -0.15) is 0 Å². The topological polar surface area (TPSA) is 59.1 Å². The molecule has 0 amide bonds. The maximum atomic E-state index is 13.0. The SMILES string of the molecule is NC(CO)c1csc(-c2cccc(F)c2)n1. The first-order valence-electron chi connectivity index (χ1n) is 4.78. The van der Waals surface area contributed by atoms with E-state index >= 15 is 0 Å². The second-order valence-corrected chi connectivity index (χ2v) is 4.24. The molecule has 1 heterocycles. The molecule has 0 saturated heterocycles. The normalized spacial score (nSPS) is 12.7. The van der Waals surface area contributed by atoms with Crippen molar-refractivity contribution in [3.63, 3.8) is 0 Å². The average Bonchev–Trinajstić information content (AvgIpc) is 2.77. The fourth-order valence-corrected chi connectivity index (χ4v) is 2.19. The van der Waals surface area contributed by atoms with Crippen molar-refractivity contribution in [3.8, 4) is 10.6 Å². The second kappa shape index (κ2) is 4.69. The molecule has 0 saturated carbocycles. The summed E-state index contributed by atoms with van der Waals surface area (Å²) in [6.45, 7) is -0.147. The first-order chi connectivity index (χ1) is 7.70. The number of rotatable bonds is 3.